The quantitative estimate of drug-likeness (QED) is 0.719. The van der Waals surface area contributed by atoms with Crippen molar-refractivity contribution in [1.29, 1.82) is 0 Å². The molecule has 7 heteroatoms. The minimum atomic E-state index is -0.483. The van der Waals surface area contributed by atoms with Gasteiger partial charge in [-0.05, 0) is 50.9 Å². The second-order valence-electron chi connectivity index (χ2n) is 8.36. The van der Waals surface area contributed by atoms with E-state index < -0.39 is 5.91 Å². The third-order valence-corrected chi connectivity index (χ3v) is 6.32. The van der Waals surface area contributed by atoms with Crippen LogP contribution in [0.1, 0.15) is 45.9 Å². The highest BCUT2D eigenvalue weighted by atomic mass is 16.1. The Labute approximate surface area is 166 Å². The molecule has 1 aromatic heterocycles. The molecule has 150 valence electrons. The van der Waals surface area contributed by atoms with Crippen LogP contribution in [-0.4, -0.2) is 53.3 Å². The Morgan fingerprint density at radius 3 is 2.75 bits per heavy atom. The summed E-state index contributed by atoms with van der Waals surface area (Å²) in [6.07, 6.45) is 3.85. The van der Waals surface area contributed by atoms with E-state index in [1.54, 1.807) is 4.68 Å². The number of carbonyl (C=O) groups is 1. The van der Waals surface area contributed by atoms with E-state index in [4.69, 9.17) is 16.6 Å². The van der Waals surface area contributed by atoms with Gasteiger partial charge in [0.05, 0.1) is 12.2 Å². The Balaban J connectivity index is 1.58. The van der Waals surface area contributed by atoms with Gasteiger partial charge in [-0.15, -0.1) is 0 Å². The predicted octanol–water partition coefficient (Wildman–Crippen LogP) is 1.13. The third kappa shape index (κ3) is 3.52. The molecule has 2 aromatic rings. The van der Waals surface area contributed by atoms with Gasteiger partial charge in [0.15, 0.2) is 0 Å². The van der Waals surface area contributed by atoms with Crippen LogP contribution in [0, 0.1) is 0 Å². The van der Waals surface area contributed by atoms with Gasteiger partial charge in [-0.25, -0.2) is 4.68 Å². The van der Waals surface area contributed by atoms with Crippen molar-refractivity contribution < 1.29 is 4.79 Å². The minimum absolute atomic E-state index is 0.173. The number of nitrogens with two attached hydrogens (primary N) is 2. The minimum Gasteiger partial charge on any atom is -0.383 e. The van der Waals surface area contributed by atoms with Crippen LogP contribution in [0.3, 0.4) is 0 Å². The molecule has 7 nitrogen and oxygen atoms in total. The van der Waals surface area contributed by atoms with Gasteiger partial charge < -0.3 is 21.7 Å². The zero-order valence-corrected chi connectivity index (χ0v) is 16.7. The monoisotopic (exact) mass is 382 g/mol. The molecule has 1 saturated heterocycles. The molecule has 5 N–H and O–H groups in total. The van der Waals surface area contributed by atoms with Crippen molar-refractivity contribution in [3.63, 3.8) is 0 Å². The van der Waals surface area contributed by atoms with Gasteiger partial charge in [-0.3, -0.25) is 4.79 Å². The number of amides is 1. The van der Waals surface area contributed by atoms with Crippen LogP contribution in [0.4, 0.5) is 5.82 Å². The molecule has 0 spiro atoms. The topological polar surface area (TPSA) is 102 Å². The molecule has 4 rings (SSSR count). The second kappa shape index (κ2) is 7.56. The Bertz CT molecular complexity index is 874. The molecule has 1 fully saturated rings. The summed E-state index contributed by atoms with van der Waals surface area (Å²) in [5, 5.41) is 8.34. The van der Waals surface area contributed by atoms with E-state index in [1.165, 1.54) is 11.1 Å². The van der Waals surface area contributed by atoms with Gasteiger partial charge in [-0.2, -0.15) is 5.10 Å². The maximum atomic E-state index is 12.2. The summed E-state index contributed by atoms with van der Waals surface area (Å²) < 4.78 is 1.78. The van der Waals surface area contributed by atoms with Crippen LogP contribution in [0.5, 0.6) is 0 Å². The first-order valence-corrected chi connectivity index (χ1v) is 10.1. The molecular weight excluding hydrogens is 352 g/mol. The highest BCUT2D eigenvalue weighted by molar-refractivity contribution is 5.98. The lowest BCUT2D eigenvalue weighted by Crippen LogP contribution is -2.29. The van der Waals surface area contributed by atoms with E-state index in [9.17, 15) is 4.79 Å². The number of hydrogen-bond donors (Lipinski definition) is 3. The van der Waals surface area contributed by atoms with Gasteiger partial charge in [0.25, 0.3) is 5.91 Å². The van der Waals surface area contributed by atoms with E-state index in [1.807, 2.05) is 0 Å². The maximum Gasteiger partial charge on any atom is 0.254 e. The fraction of sp³-hybridized carbons (Fsp3) is 0.524. The lowest BCUT2D eigenvalue weighted by atomic mass is 9.81. The SMILES string of the molecule is CN(C)[C@@H]1CN[C@H](Cn2nc([C@@H]3CCc4ccccc4C3)c(C(N)=O)c2N)C1. The summed E-state index contributed by atoms with van der Waals surface area (Å²) >= 11 is 0. The summed E-state index contributed by atoms with van der Waals surface area (Å²) in [5.74, 6) is 0.0895. The van der Waals surface area contributed by atoms with E-state index in [0.717, 1.165) is 37.9 Å². The van der Waals surface area contributed by atoms with Crippen LogP contribution in [0.15, 0.2) is 24.3 Å². The largest absolute Gasteiger partial charge is 0.383 e. The van der Waals surface area contributed by atoms with Crippen molar-refractivity contribution in [2.75, 3.05) is 26.4 Å². The van der Waals surface area contributed by atoms with Crippen molar-refractivity contribution in [3.8, 4) is 0 Å². The summed E-state index contributed by atoms with van der Waals surface area (Å²) in [7, 11) is 4.20. The number of fused-ring (bicyclic) bond motifs is 1. The number of rotatable bonds is 5. The number of carbonyl (C=O) groups excluding carboxylic acids is 1. The van der Waals surface area contributed by atoms with Crippen LogP contribution in [0.2, 0.25) is 0 Å². The summed E-state index contributed by atoms with van der Waals surface area (Å²) in [6, 6.07) is 9.28. The van der Waals surface area contributed by atoms with Crippen LogP contribution in [-0.2, 0) is 19.4 Å². The van der Waals surface area contributed by atoms with Gasteiger partial charge in [0.2, 0.25) is 0 Å². The molecule has 0 saturated carbocycles. The molecule has 28 heavy (non-hydrogen) atoms. The lowest BCUT2D eigenvalue weighted by molar-refractivity contribution is 0.0999. The molecular formula is C21H30N6O. The van der Waals surface area contributed by atoms with Gasteiger partial charge in [-0.1, -0.05) is 24.3 Å². The van der Waals surface area contributed by atoms with Gasteiger partial charge in [0, 0.05) is 24.5 Å². The first-order chi connectivity index (χ1) is 13.4. The third-order valence-electron chi connectivity index (χ3n) is 6.32. The number of nitrogens with zero attached hydrogens (tertiary/aromatic N) is 3. The van der Waals surface area contributed by atoms with Crippen molar-refractivity contribution in [1.82, 2.24) is 20.0 Å². The van der Waals surface area contributed by atoms with E-state index >= 15 is 0 Å². The Morgan fingerprint density at radius 1 is 1.32 bits per heavy atom. The Morgan fingerprint density at radius 2 is 2.07 bits per heavy atom. The second-order valence-corrected chi connectivity index (χ2v) is 8.36. The molecule has 0 radical (unpaired) electrons. The average Bonchev–Trinajstić information content (AvgIpc) is 3.27. The molecule has 0 unspecified atom stereocenters. The molecule has 2 aliphatic rings. The lowest BCUT2D eigenvalue weighted by Gasteiger charge is -2.23. The number of aryl methyl sites for hydroxylation is 1. The average molecular weight is 383 g/mol. The zero-order chi connectivity index (χ0) is 19.8. The fourth-order valence-corrected chi connectivity index (χ4v) is 4.64. The van der Waals surface area contributed by atoms with Crippen LogP contribution < -0.4 is 16.8 Å². The summed E-state index contributed by atoms with van der Waals surface area (Å²) in [4.78, 5) is 14.4. The van der Waals surface area contributed by atoms with Crippen LogP contribution in [0.25, 0.3) is 0 Å². The number of benzene rings is 1. The van der Waals surface area contributed by atoms with E-state index in [2.05, 4.69) is 48.6 Å². The van der Waals surface area contributed by atoms with E-state index in [0.29, 0.717) is 24.0 Å². The molecule has 2 heterocycles. The number of anilines is 1. The normalized spacial score (nSPS) is 24.5. The molecule has 1 aliphatic carbocycles. The van der Waals surface area contributed by atoms with Crippen molar-refractivity contribution in [2.24, 2.45) is 5.73 Å². The number of likely N-dealkylation sites (N-methyl/N-ethyl adjacent to an activating group) is 1. The highest BCUT2D eigenvalue weighted by Gasteiger charge is 2.31. The molecule has 1 aromatic carbocycles. The van der Waals surface area contributed by atoms with Crippen LogP contribution >= 0.6 is 0 Å². The molecule has 0 bridgehead atoms. The summed E-state index contributed by atoms with van der Waals surface area (Å²) in [6.45, 7) is 1.60. The Kier molecular flexibility index (Phi) is 5.12. The maximum absolute atomic E-state index is 12.2. The first kappa shape index (κ1) is 19.0. The zero-order valence-electron chi connectivity index (χ0n) is 16.7. The highest BCUT2D eigenvalue weighted by Crippen LogP contribution is 2.35. The fourth-order valence-electron chi connectivity index (χ4n) is 4.64. The smallest absolute Gasteiger partial charge is 0.254 e. The number of nitrogen functional groups attached to an aromatic ring is 1. The van der Waals surface area contributed by atoms with Crippen molar-refractivity contribution in [3.05, 3.63) is 46.6 Å². The molecule has 1 amide bonds. The number of aromatic nitrogens is 2. The van der Waals surface area contributed by atoms with Crippen molar-refractivity contribution in [2.45, 2.75) is 50.2 Å². The number of primary amides is 1. The number of hydrogen-bond acceptors (Lipinski definition) is 5. The molecule has 3 atom stereocenters. The number of nitrogens with one attached hydrogen (secondary N) is 1. The van der Waals surface area contributed by atoms with Gasteiger partial charge >= 0.3 is 0 Å². The Hall–Kier alpha value is -2.38. The summed E-state index contributed by atoms with van der Waals surface area (Å²) in [5.41, 5.74) is 15.9. The first-order valence-electron chi connectivity index (χ1n) is 10.1. The van der Waals surface area contributed by atoms with E-state index in [-0.39, 0.29) is 12.0 Å². The van der Waals surface area contributed by atoms with Gasteiger partial charge in [0.1, 0.15) is 11.4 Å². The standard InChI is InChI=1S/C21H30N6O/c1-26(2)17-10-16(24-11-17)12-27-20(22)18(21(23)28)19(25-27)15-8-7-13-5-3-4-6-14(13)9-15/h3-6,15-17,24H,7-12,22H2,1-2H3,(H2,23,28)/t15-,16+,17+/m1/s1. The predicted molar refractivity (Wildman–Crippen MR) is 110 cm³/mol. The van der Waals surface area contributed by atoms with Crippen molar-refractivity contribution >= 4 is 11.7 Å². The molecule has 1 aliphatic heterocycles.